The number of carbonyl (C=O) groups is 3. The summed E-state index contributed by atoms with van der Waals surface area (Å²) >= 11 is 1.56. The molecule has 4 saturated carbocycles. The van der Waals surface area contributed by atoms with Crippen molar-refractivity contribution < 1.29 is 19.5 Å². The Kier molecular flexibility index (Phi) is 8.60. The fourth-order valence-electron chi connectivity index (χ4n) is 8.35. The van der Waals surface area contributed by atoms with Gasteiger partial charge in [0.05, 0.1) is 0 Å². The maximum Gasteiger partial charge on any atom is 0.326 e. The number of aryl methyl sites for hydroxylation is 1. The summed E-state index contributed by atoms with van der Waals surface area (Å²) in [7, 11) is 1.75. The van der Waals surface area contributed by atoms with Crippen LogP contribution >= 0.6 is 11.8 Å². The zero-order valence-corrected chi connectivity index (χ0v) is 24.7. The first kappa shape index (κ1) is 28.7. The average Bonchev–Trinajstić information content (AvgIpc) is 2.92. The molecular weight excluding hydrogens is 520 g/mol. The summed E-state index contributed by atoms with van der Waals surface area (Å²) in [5.41, 5.74) is 4.31. The van der Waals surface area contributed by atoms with E-state index in [0.29, 0.717) is 24.2 Å². The number of nitrogens with one attached hydrogen (secondary N) is 2. The van der Waals surface area contributed by atoms with Crippen molar-refractivity contribution in [1.29, 1.82) is 0 Å². The number of hydrogen-bond donors (Lipinski definition) is 3. The van der Waals surface area contributed by atoms with E-state index in [0.717, 1.165) is 59.3 Å². The Morgan fingerprint density at radius 2 is 1.65 bits per heavy atom. The molecule has 0 saturated heterocycles. The molecule has 0 aromatic heterocycles. The van der Waals surface area contributed by atoms with Crippen LogP contribution in [0.15, 0.2) is 42.5 Å². The monoisotopic (exact) mass is 562 g/mol. The van der Waals surface area contributed by atoms with Crippen molar-refractivity contribution >= 4 is 29.5 Å². The van der Waals surface area contributed by atoms with Gasteiger partial charge < -0.3 is 15.7 Å². The van der Waals surface area contributed by atoms with Crippen molar-refractivity contribution in [3.8, 4) is 11.1 Å². The van der Waals surface area contributed by atoms with Gasteiger partial charge in [-0.2, -0.15) is 11.8 Å². The first-order valence-electron chi connectivity index (χ1n) is 14.7. The molecule has 2 aromatic carbocycles. The second-order valence-electron chi connectivity index (χ2n) is 12.5. The molecule has 0 radical (unpaired) electrons. The number of carbonyl (C=O) groups excluding carboxylic acids is 2. The molecule has 0 heterocycles. The molecular formula is C33H42N2O4S. The average molecular weight is 563 g/mol. The summed E-state index contributed by atoms with van der Waals surface area (Å²) in [6.07, 6.45) is 10.3. The highest BCUT2D eigenvalue weighted by Crippen LogP contribution is 2.63. The zero-order chi connectivity index (χ0) is 28.4. The third-order valence-electron chi connectivity index (χ3n) is 9.81. The van der Waals surface area contributed by atoms with Crippen LogP contribution in [-0.2, 0) is 16.0 Å². The van der Waals surface area contributed by atoms with Crippen LogP contribution < -0.4 is 10.6 Å². The lowest BCUT2D eigenvalue weighted by molar-refractivity contribution is -0.141. The Morgan fingerprint density at radius 1 is 1.00 bits per heavy atom. The predicted octanol–water partition coefficient (Wildman–Crippen LogP) is 5.72. The molecule has 2 amide bonds. The fourth-order valence-corrected chi connectivity index (χ4v) is 8.82. The molecule has 2 aromatic rings. The normalized spacial score (nSPS) is 26.2. The van der Waals surface area contributed by atoms with Crippen molar-refractivity contribution in [1.82, 2.24) is 10.6 Å². The van der Waals surface area contributed by atoms with Gasteiger partial charge in [-0.25, -0.2) is 4.79 Å². The third-order valence-corrected chi connectivity index (χ3v) is 10.4. The smallest absolute Gasteiger partial charge is 0.326 e. The zero-order valence-electron chi connectivity index (χ0n) is 23.9. The van der Waals surface area contributed by atoms with E-state index in [1.807, 2.05) is 49.6 Å². The van der Waals surface area contributed by atoms with Gasteiger partial charge in [0, 0.05) is 18.5 Å². The number of carboxylic acid groups (broad SMARTS) is 1. The van der Waals surface area contributed by atoms with E-state index >= 15 is 0 Å². The minimum Gasteiger partial charge on any atom is -0.480 e. The minimum atomic E-state index is -1.03. The highest BCUT2D eigenvalue weighted by atomic mass is 32.2. The van der Waals surface area contributed by atoms with Gasteiger partial charge in [0.2, 0.25) is 5.91 Å². The molecule has 3 N–H and O–H groups in total. The van der Waals surface area contributed by atoms with Gasteiger partial charge in [0.25, 0.3) is 5.91 Å². The number of benzene rings is 2. The number of thioether (sulfide) groups is 1. The molecule has 0 aliphatic heterocycles. The number of rotatable bonds is 11. The number of carboxylic acids is 1. The molecule has 6 nitrogen and oxygen atoms in total. The molecule has 6 rings (SSSR count). The number of hydrogen-bond acceptors (Lipinski definition) is 4. The van der Waals surface area contributed by atoms with Gasteiger partial charge in [-0.1, -0.05) is 36.4 Å². The molecule has 40 heavy (non-hydrogen) atoms. The predicted molar refractivity (Wildman–Crippen MR) is 160 cm³/mol. The Bertz CT molecular complexity index is 1240. The van der Waals surface area contributed by atoms with Gasteiger partial charge in [-0.3, -0.25) is 9.59 Å². The van der Waals surface area contributed by atoms with E-state index in [1.165, 1.54) is 19.3 Å². The van der Waals surface area contributed by atoms with E-state index in [9.17, 15) is 19.5 Å². The van der Waals surface area contributed by atoms with Gasteiger partial charge in [0.15, 0.2) is 0 Å². The highest BCUT2D eigenvalue weighted by molar-refractivity contribution is 7.98. The number of amides is 2. The van der Waals surface area contributed by atoms with Gasteiger partial charge >= 0.3 is 5.97 Å². The van der Waals surface area contributed by atoms with Crippen LogP contribution in [-0.4, -0.2) is 48.0 Å². The standard InChI is InChI=1S/C33H42N2O4S/c1-20-6-4-5-7-25(20)27-15-21(8-9-26(27)30(36)35-29(32(38)39)10-11-40-3)16-28(31(37)34-2)33-17-22-12-23(18-33)14-24(13-22)19-33/h4-9,15,22-24,28-29H,10-14,16-19H2,1-3H3,(H,34,37)(H,35,36)(H,38,39)/t22?,23?,24?,28?,29-,33?/m0/s1. The van der Waals surface area contributed by atoms with Gasteiger partial charge in [-0.15, -0.1) is 0 Å². The van der Waals surface area contributed by atoms with Crippen LogP contribution in [0.1, 0.15) is 66.4 Å². The summed E-state index contributed by atoms with van der Waals surface area (Å²) in [6.45, 7) is 2.02. The molecule has 0 spiro atoms. The first-order chi connectivity index (χ1) is 19.2. The summed E-state index contributed by atoms with van der Waals surface area (Å²) in [5.74, 6) is 1.51. The van der Waals surface area contributed by atoms with Crippen LogP contribution in [0.2, 0.25) is 0 Å². The van der Waals surface area contributed by atoms with Gasteiger partial charge in [-0.05, 0) is 122 Å². The Balaban J connectivity index is 1.49. The van der Waals surface area contributed by atoms with E-state index < -0.39 is 12.0 Å². The van der Waals surface area contributed by atoms with E-state index in [4.69, 9.17) is 0 Å². The van der Waals surface area contributed by atoms with E-state index in [-0.39, 0.29) is 23.1 Å². The topological polar surface area (TPSA) is 95.5 Å². The summed E-state index contributed by atoms with van der Waals surface area (Å²) in [5, 5.41) is 15.4. The minimum absolute atomic E-state index is 0.0553. The van der Waals surface area contributed by atoms with Crippen LogP contribution in [0, 0.1) is 36.0 Å². The van der Waals surface area contributed by atoms with Gasteiger partial charge in [0.1, 0.15) is 6.04 Å². The maximum absolute atomic E-state index is 13.5. The molecule has 214 valence electrons. The van der Waals surface area contributed by atoms with Crippen molar-refractivity contribution in [3.05, 3.63) is 59.2 Å². The molecule has 7 heteroatoms. The third kappa shape index (κ3) is 5.81. The van der Waals surface area contributed by atoms with Crippen molar-refractivity contribution in [2.75, 3.05) is 19.1 Å². The molecule has 4 aliphatic carbocycles. The second-order valence-corrected chi connectivity index (χ2v) is 13.5. The van der Waals surface area contributed by atoms with Crippen LogP contribution in [0.5, 0.6) is 0 Å². The lowest BCUT2D eigenvalue weighted by atomic mass is 9.46. The summed E-state index contributed by atoms with van der Waals surface area (Å²) in [6, 6.07) is 12.8. The van der Waals surface area contributed by atoms with Crippen molar-refractivity contribution in [2.24, 2.45) is 29.1 Å². The first-order valence-corrected chi connectivity index (χ1v) is 16.1. The Labute approximate surface area is 242 Å². The highest BCUT2D eigenvalue weighted by Gasteiger charge is 2.55. The van der Waals surface area contributed by atoms with E-state index in [1.54, 1.807) is 18.8 Å². The Morgan fingerprint density at radius 3 is 2.23 bits per heavy atom. The molecule has 4 fully saturated rings. The SMILES string of the molecule is CNC(=O)C(Cc1ccc(C(=O)N[C@@H](CCSC)C(=O)O)c(-c2ccccc2C)c1)C12CC3CC(CC(C3)C1)C2. The maximum atomic E-state index is 13.5. The quantitative estimate of drug-likeness (QED) is 0.326. The van der Waals surface area contributed by atoms with Crippen molar-refractivity contribution in [3.63, 3.8) is 0 Å². The lowest BCUT2D eigenvalue weighted by Crippen LogP contribution is -2.53. The van der Waals surface area contributed by atoms with Crippen LogP contribution in [0.25, 0.3) is 11.1 Å². The van der Waals surface area contributed by atoms with Crippen molar-refractivity contribution in [2.45, 2.75) is 64.3 Å². The molecule has 4 bridgehead atoms. The summed E-state index contributed by atoms with van der Waals surface area (Å²) in [4.78, 5) is 38.8. The second kappa shape index (κ2) is 12.0. The largest absolute Gasteiger partial charge is 0.480 e. The Hall–Kier alpha value is -2.80. The number of aliphatic carboxylic acids is 1. The summed E-state index contributed by atoms with van der Waals surface area (Å²) < 4.78 is 0. The molecule has 4 aliphatic rings. The molecule has 1 unspecified atom stereocenters. The molecule has 2 atom stereocenters. The lowest BCUT2D eigenvalue weighted by Gasteiger charge is -2.59. The van der Waals surface area contributed by atoms with E-state index in [2.05, 4.69) is 16.7 Å². The van der Waals surface area contributed by atoms with Crippen LogP contribution in [0.3, 0.4) is 0 Å². The fraction of sp³-hybridized carbons (Fsp3) is 0.545. The van der Waals surface area contributed by atoms with Crippen LogP contribution in [0.4, 0.5) is 0 Å².